The summed E-state index contributed by atoms with van der Waals surface area (Å²) in [7, 11) is -2.93. The van der Waals surface area contributed by atoms with E-state index in [9.17, 15) is 18.3 Å². The Morgan fingerprint density at radius 1 is 1.21 bits per heavy atom. The average Bonchev–Trinajstić information content (AvgIpc) is 2.91. The maximum atomic E-state index is 12.4. The average molecular weight is 425 g/mol. The van der Waals surface area contributed by atoms with Gasteiger partial charge in [-0.2, -0.15) is 8.42 Å². The van der Waals surface area contributed by atoms with Crippen molar-refractivity contribution in [1.29, 1.82) is 0 Å². The van der Waals surface area contributed by atoms with Crippen molar-refractivity contribution < 1.29 is 23.1 Å². The van der Waals surface area contributed by atoms with Gasteiger partial charge in [0.15, 0.2) is 11.5 Å². The Morgan fingerprint density at radius 3 is 2.34 bits per heavy atom. The molecule has 0 radical (unpaired) electrons. The molecule has 1 aliphatic heterocycles. The fourth-order valence-corrected chi connectivity index (χ4v) is 4.55. The lowest BCUT2D eigenvalue weighted by Crippen LogP contribution is -2.36. The van der Waals surface area contributed by atoms with Crippen LogP contribution in [0.25, 0.3) is 0 Å². The molecule has 1 aromatic rings. The number of nitrogens with zero attached hydrogens (tertiary/aromatic N) is 2. The van der Waals surface area contributed by atoms with Gasteiger partial charge in [-0.15, -0.1) is 4.36 Å². The predicted octanol–water partition coefficient (Wildman–Crippen LogP) is 1.72. The lowest BCUT2D eigenvalue weighted by molar-refractivity contribution is -0.143. The van der Waals surface area contributed by atoms with Crippen molar-refractivity contribution in [3.63, 3.8) is 0 Å². The standard InChI is InChI=1S/C19H28N4O5S/c1-10-11(2)15-13(9-18(4,5)28-15)12(3)14(10)19(16(24)25,23-29(26)27)7-6-8-22-17(20)21/h6-9H2,1-5H3,(H,24,25)(H4,20,21,22)/t19-/m1/s1. The maximum Gasteiger partial charge on any atom is 0.337 e. The van der Waals surface area contributed by atoms with Crippen LogP contribution in [0.3, 0.4) is 0 Å². The molecular formula is C19H28N4O5S. The van der Waals surface area contributed by atoms with Crippen molar-refractivity contribution in [1.82, 2.24) is 0 Å². The molecule has 0 bridgehead atoms. The van der Waals surface area contributed by atoms with Gasteiger partial charge in [-0.3, -0.25) is 4.99 Å². The van der Waals surface area contributed by atoms with Crippen molar-refractivity contribution in [2.75, 3.05) is 6.54 Å². The van der Waals surface area contributed by atoms with Gasteiger partial charge in [0.25, 0.3) is 0 Å². The molecule has 5 N–H and O–H groups in total. The molecule has 1 atom stereocenters. The summed E-state index contributed by atoms with van der Waals surface area (Å²) in [5, 5.41) is 10.1. The van der Waals surface area contributed by atoms with Gasteiger partial charge in [0.2, 0.25) is 0 Å². The van der Waals surface area contributed by atoms with Crippen LogP contribution in [-0.4, -0.2) is 37.6 Å². The van der Waals surface area contributed by atoms with Crippen LogP contribution in [0.2, 0.25) is 0 Å². The summed E-state index contributed by atoms with van der Waals surface area (Å²) >= 11 is 0. The minimum Gasteiger partial charge on any atom is -0.487 e. The van der Waals surface area contributed by atoms with Gasteiger partial charge >= 0.3 is 16.5 Å². The molecule has 9 nitrogen and oxygen atoms in total. The molecule has 2 rings (SSSR count). The topological polar surface area (TPSA) is 157 Å². The molecule has 1 aliphatic rings. The Hall–Kier alpha value is -2.62. The van der Waals surface area contributed by atoms with E-state index in [0.717, 1.165) is 16.9 Å². The highest BCUT2D eigenvalue weighted by molar-refractivity contribution is 7.61. The molecule has 0 spiro atoms. The number of aliphatic carboxylic acids is 1. The van der Waals surface area contributed by atoms with Gasteiger partial charge in [0.1, 0.15) is 11.4 Å². The highest BCUT2D eigenvalue weighted by Gasteiger charge is 2.46. The first kappa shape index (κ1) is 22.7. The zero-order valence-electron chi connectivity index (χ0n) is 17.4. The van der Waals surface area contributed by atoms with E-state index in [0.29, 0.717) is 23.1 Å². The molecule has 10 heteroatoms. The van der Waals surface area contributed by atoms with Gasteiger partial charge < -0.3 is 21.3 Å². The fourth-order valence-electron chi connectivity index (χ4n) is 4.04. The van der Waals surface area contributed by atoms with Gasteiger partial charge in [-0.25, -0.2) is 4.79 Å². The maximum absolute atomic E-state index is 12.4. The summed E-state index contributed by atoms with van der Waals surface area (Å²) in [5.74, 6) is -0.720. The zero-order valence-corrected chi connectivity index (χ0v) is 18.2. The summed E-state index contributed by atoms with van der Waals surface area (Å²) in [4.78, 5) is 16.3. The normalized spacial score (nSPS) is 16.3. The smallest absolute Gasteiger partial charge is 0.337 e. The van der Waals surface area contributed by atoms with Crippen LogP contribution in [0.4, 0.5) is 0 Å². The Labute approximate surface area is 171 Å². The second-order valence-electron chi connectivity index (χ2n) is 7.98. The molecule has 0 saturated heterocycles. The third kappa shape index (κ3) is 4.36. The summed E-state index contributed by atoms with van der Waals surface area (Å²) < 4.78 is 32.9. The Bertz CT molecular complexity index is 1000. The molecule has 0 aromatic heterocycles. The quantitative estimate of drug-likeness (QED) is 0.341. The van der Waals surface area contributed by atoms with E-state index in [-0.39, 0.29) is 25.3 Å². The first-order chi connectivity index (χ1) is 13.3. The minimum absolute atomic E-state index is 0.0722. The van der Waals surface area contributed by atoms with Gasteiger partial charge in [-0.05, 0) is 69.7 Å². The lowest BCUT2D eigenvalue weighted by Gasteiger charge is -2.29. The number of aliphatic imine (C=N–C) groups is 1. The van der Waals surface area contributed by atoms with Gasteiger partial charge in [0, 0.05) is 18.5 Å². The van der Waals surface area contributed by atoms with Gasteiger partial charge in [-0.1, -0.05) is 0 Å². The first-order valence-electron chi connectivity index (χ1n) is 9.25. The van der Waals surface area contributed by atoms with Crippen LogP contribution < -0.4 is 16.2 Å². The lowest BCUT2D eigenvalue weighted by atomic mass is 9.77. The number of carbonyl (C=O) groups is 1. The molecule has 1 heterocycles. The highest BCUT2D eigenvalue weighted by Crippen LogP contribution is 2.47. The molecule has 0 unspecified atom stereocenters. The number of guanidine groups is 1. The number of ether oxygens (including phenoxy) is 1. The molecule has 160 valence electrons. The van der Waals surface area contributed by atoms with Crippen LogP contribution in [-0.2, 0) is 27.3 Å². The van der Waals surface area contributed by atoms with Crippen LogP contribution in [0.1, 0.15) is 54.5 Å². The van der Waals surface area contributed by atoms with E-state index in [4.69, 9.17) is 16.2 Å². The van der Waals surface area contributed by atoms with Crippen molar-refractivity contribution in [3.05, 3.63) is 27.8 Å². The highest BCUT2D eigenvalue weighted by atomic mass is 32.2. The molecule has 0 saturated carbocycles. The zero-order chi connectivity index (χ0) is 22.1. The fraction of sp³-hybridized carbons (Fsp3) is 0.579. The predicted molar refractivity (Wildman–Crippen MR) is 110 cm³/mol. The number of fused-ring (bicyclic) bond motifs is 1. The van der Waals surface area contributed by atoms with E-state index in [1.807, 2.05) is 20.8 Å². The number of carboxylic acid groups (broad SMARTS) is 1. The molecule has 0 amide bonds. The molecule has 29 heavy (non-hydrogen) atoms. The number of rotatable bonds is 7. The monoisotopic (exact) mass is 424 g/mol. The summed E-state index contributed by atoms with van der Waals surface area (Å²) in [6.07, 6.45) is 0.756. The largest absolute Gasteiger partial charge is 0.487 e. The van der Waals surface area contributed by atoms with E-state index in [2.05, 4.69) is 9.36 Å². The molecular weight excluding hydrogens is 396 g/mol. The number of hydrogen-bond acceptors (Lipinski definition) is 6. The van der Waals surface area contributed by atoms with Crippen LogP contribution in [0, 0.1) is 20.8 Å². The SMILES string of the molecule is Cc1c(C)c([C@@](CCCN=C(N)N)(N=S(=O)=O)C(=O)O)c(C)c2c1OC(C)(C)C2. The summed E-state index contributed by atoms with van der Waals surface area (Å²) in [6, 6.07) is 0. The number of hydrogen-bond donors (Lipinski definition) is 3. The second-order valence-corrected chi connectivity index (χ2v) is 8.60. The molecule has 0 aliphatic carbocycles. The van der Waals surface area contributed by atoms with Crippen molar-refractivity contribution in [2.45, 2.75) is 65.0 Å². The number of nitrogens with two attached hydrogens (primary N) is 2. The van der Waals surface area contributed by atoms with Crippen molar-refractivity contribution in [3.8, 4) is 5.75 Å². The second kappa shape index (κ2) is 8.02. The summed E-state index contributed by atoms with van der Waals surface area (Å²) in [5.41, 5.74) is 11.6. The van der Waals surface area contributed by atoms with Crippen LogP contribution >= 0.6 is 0 Å². The first-order valence-corrected chi connectivity index (χ1v) is 10.3. The van der Waals surface area contributed by atoms with E-state index in [1.54, 1.807) is 13.8 Å². The summed E-state index contributed by atoms with van der Waals surface area (Å²) in [6.45, 7) is 9.48. The van der Waals surface area contributed by atoms with E-state index in [1.165, 1.54) is 0 Å². The van der Waals surface area contributed by atoms with Crippen molar-refractivity contribution >= 4 is 22.4 Å². The number of carboxylic acids is 1. The Balaban J connectivity index is 2.75. The third-order valence-corrected chi connectivity index (χ3v) is 5.81. The van der Waals surface area contributed by atoms with Crippen LogP contribution in [0.5, 0.6) is 5.75 Å². The van der Waals surface area contributed by atoms with E-state index >= 15 is 0 Å². The van der Waals surface area contributed by atoms with Gasteiger partial charge in [0.05, 0.1) is 0 Å². The molecule has 0 fully saturated rings. The Morgan fingerprint density at radius 2 is 1.83 bits per heavy atom. The van der Waals surface area contributed by atoms with E-state index < -0.39 is 27.6 Å². The molecule has 1 aromatic carbocycles. The third-order valence-electron chi connectivity index (χ3n) is 5.35. The van der Waals surface area contributed by atoms with Crippen molar-refractivity contribution in [2.24, 2.45) is 20.8 Å². The Kier molecular flexibility index (Phi) is 6.27. The number of benzene rings is 1. The minimum atomic E-state index is -2.93. The van der Waals surface area contributed by atoms with Crippen LogP contribution in [0.15, 0.2) is 9.36 Å².